The van der Waals surface area contributed by atoms with Gasteiger partial charge in [0.15, 0.2) is 0 Å². The molecule has 0 spiro atoms. The Balaban J connectivity index is 2.25. The molecule has 1 N–H and O–H groups in total. The van der Waals surface area contributed by atoms with Crippen molar-refractivity contribution >= 4 is 17.3 Å². The summed E-state index contributed by atoms with van der Waals surface area (Å²) in [5.74, 6) is -0.414. The van der Waals surface area contributed by atoms with Crippen LogP contribution in [0.2, 0.25) is 0 Å². The maximum atomic E-state index is 12.2. The number of nitrogens with zero attached hydrogens (tertiary/aromatic N) is 2. The molecule has 0 radical (unpaired) electrons. The van der Waals surface area contributed by atoms with Crippen LogP contribution in [0.3, 0.4) is 0 Å². The number of carbonyl (C=O) groups is 1. The molecule has 0 aliphatic heterocycles. The molecule has 23 heavy (non-hydrogen) atoms. The molecule has 1 aromatic carbocycles. The number of nitro groups is 1. The maximum Gasteiger partial charge on any atom is 0.334 e. The van der Waals surface area contributed by atoms with E-state index in [1.165, 1.54) is 6.07 Å². The second-order valence-corrected chi connectivity index (χ2v) is 5.37. The zero-order chi connectivity index (χ0) is 17.1. The molecule has 120 valence electrons. The number of nitrogens with one attached hydrogen (secondary N) is 1. The predicted octanol–water partition coefficient (Wildman–Crippen LogP) is 2.32. The van der Waals surface area contributed by atoms with E-state index in [0.717, 1.165) is 21.8 Å². The van der Waals surface area contributed by atoms with Crippen molar-refractivity contribution in [3.05, 3.63) is 67.6 Å². The van der Waals surface area contributed by atoms with Crippen molar-refractivity contribution in [2.75, 3.05) is 5.32 Å². The molecule has 0 atom stereocenters. The first-order valence-corrected chi connectivity index (χ1v) is 7.01. The van der Waals surface area contributed by atoms with E-state index in [9.17, 15) is 19.7 Å². The van der Waals surface area contributed by atoms with Gasteiger partial charge in [0.1, 0.15) is 6.54 Å². The number of aryl methyl sites for hydroxylation is 3. The average Bonchev–Trinajstić information content (AvgIpc) is 2.46. The second-order valence-electron chi connectivity index (χ2n) is 5.37. The zero-order valence-corrected chi connectivity index (χ0v) is 13.1. The highest BCUT2D eigenvalue weighted by molar-refractivity contribution is 5.91. The summed E-state index contributed by atoms with van der Waals surface area (Å²) >= 11 is 0. The average molecular weight is 315 g/mol. The van der Waals surface area contributed by atoms with Gasteiger partial charge in [-0.2, -0.15) is 0 Å². The molecule has 0 bridgehead atoms. The minimum absolute atomic E-state index is 0.278. The van der Waals surface area contributed by atoms with E-state index in [1.54, 1.807) is 13.0 Å². The van der Waals surface area contributed by atoms with Gasteiger partial charge in [0, 0.05) is 17.4 Å². The molecule has 2 rings (SSSR count). The van der Waals surface area contributed by atoms with Gasteiger partial charge in [-0.1, -0.05) is 17.7 Å². The summed E-state index contributed by atoms with van der Waals surface area (Å²) in [7, 11) is 0. The second kappa shape index (κ2) is 6.43. The Labute approximate surface area is 132 Å². The maximum absolute atomic E-state index is 12.2. The summed E-state index contributed by atoms with van der Waals surface area (Å²) in [4.78, 5) is 34.3. The summed E-state index contributed by atoms with van der Waals surface area (Å²) < 4.78 is 1.09. The highest BCUT2D eigenvalue weighted by Crippen LogP contribution is 2.16. The molecule has 1 aromatic heterocycles. The van der Waals surface area contributed by atoms with Crippen LogP contribution in [0.25, 0.3) is 0 Å². The van der Waals surface area contributed by atoms with E-state index in [4.69, 9.17) is 0 Å². The lowest BCUT2D eigenvalue weighted by Gasteiger charge is -2.12. The number of amides is 1. The summed E-state index contributed by atoms with van der Waals surface area (Å²) in [6.45, 7) is 5.16. The predicted molar refractivity (Wildman–Crippen MR) is 86.6 cm³/mol. The number of benzene rings is 1. The summed E-state index contributed by atoms with van der Waals surface area (Å²) in [6.07, 6.45) is 0. The molecule has 2 aromatic rings. The molecular weight excluding hydrogens is 298 g/mol. The SMILES string of the molecule is Cc1ccc(NC(=O)Cn2c(C)ccc([N+](=O)[O-])c2=O)c(C)c1. The molecule has 7 nitrogen and oxygen atoms in total. The van der Waals surface area contributed by atoms with Crippen LogP contribution in [0.5, 0.6) is 0 Å². The molecular formula is C16H17N3O4. The highest BCUT2D eigenvalue weighted by Gasteiger charge is 2.17. The van der Waals surface area contributed by atoms with Crippen molar-refractivity contribution in [1.82, 2.24) is 4.57 Å². The third-order valence-electron chi connectivity index (χ3n) is 3.53. The quantitative estimate of drug-likeness (QED) is 0.692. The normalized spacial score (nSPS) is 10.4. The number of anilines is 1. The lowest BCUT2D eigenvalue weighted by Crippen LogP contribution is -2.30. The van der Waals surface area contributed by atoms with Gasteiger partial charge in [0.05, 0.1) is 4.92 Å². The van der Waals surface area contributed by atoms with Crippen LogP contribution in [0.1, 0.15) is 16.8 Å². The van der Waals surface area contributed by atoms with E-state index in [0.29, 0.717) is 11.4 Å². The molecule has 1 amide bonds. The Bertz CT molecular complexity index is 840. The third-order valence-corrected chi connectivity index (χ3v) is 3.53. The topological polar surface area (TPSA) is 94.2 Å². The van der Waals surface area contributed by atoms with Crippen LogP contribution in [0.15, 0.2) is 35.1 Å². The van der Waals surface area contributed by atoms with Crippen molar-refractivity contribution in [2.45, 2.75) is 27.3 Å². The van der Waals surface area contributed by atoms with Crippen LogP contribution in [0.4, 0.5) is 11.4 Å². The molecule has 0 fully saturated rings. The van der Waals surface area contributed by atoms with Crippen LogP contribution >= 0.6 is 0 Å². The van der Waals surface area contributed by atoms with E-state index in [-0.39, 0.29) is 6.54 Å². The fourth-order valence-corrected chi connectivity index (χ4v) is 2.28. The molecule has 0 saturated heterocycles. The van der Waals surface area contributed by atoms with E-state index in [2.05, 4.69) is 5.32 Å². The van der Waals surface area contributed by atoms with Gasteiger partial charge < -0.3 is 5.32 Å². The molecule has 0 aliphatic rings. The Kier molecular flexibility index (Phi) is 4.59. The minimum Gasteiger partial charge on any atom is -0.324 e. The van der Waals surface area contributed by atoms with Crippen LogP contribution in [-0.4, -0.2) is 15.4 Å². The number of pyridine rings is 1. The van der Waals surface area contributed by atoms with Crippen LogP contribution < -0.4 is 10.9 Å². The number of rotatable bonds is 4. The standard InChI is InChI=1S/C16H17N3O4/c1-10-4-6-13(11(2)8-10)17-15(20)9-18-12(3)5-7-14(16(18)21)19(22)23/h4-8H,9H2,1-3H3,(H,17,20). The number of hydrogen-bond acceptors (Lipinski definition) is 4. The fourth-order valence-electron chi connectivity index (χ4n) is 2.28. The van der Waals surface area contributed by atoms with E-state index >= 15 is 0 Å². The smallest absolute Gasteiger partial charge is 0.324 e. The van der Waals surface area contributed by atoms with Crippen molar-refractivity contribution in [1.29, 1.82) is 0 Å². The van der Waals surface area contributed by atoms with Gasteiger partial charge in [0.2, 0.25) is 5.91 Å². The van der Waals surface area contributed by atoms with Crippen molar-refractivity contribution in [3.63, 3.8) is 0 Å². The third kappa shape index (κ3) is 3.63. The fraction of sp³-hybridized carbons (Fsp3) is 0.250. The monoisotopic (exact) mass is 315 g/mol. The Morgan fingerprint density at radius 3 is 2.52 bits per heavy atom. The summed E-state index contributed by atoms with van der Waals surface area (Å²) in [5.41, 5.74) is 1.78. The number of aromatic nitrogens is 1. The first-order chi connectivity index (χ1) is 10.8. The number of carbonyl (C=O) groups excluding carboxylic acids is 1. The van der Waals surface area contributed by atoms with Crippen LogP contribution in [-0.2, 0) is 11.3 Å². The molecule has 0 aliphatic carbocycles. The van der Waals surface area contributed by atoms with Gasteiger partial charge in [-0.15, -0.1) is 0 Å². The van der Waals surface area contributed by atoms with Crippen molar-refractivity contribution in [3.8, 4) is 0 Å². The summed E-state index contributed by atoms with van der Waals surface area (Å²) in [5, 5.41) is 13.6. The Morgan fingerprint density at radius 2 is 1.91 bits per heavy atom. The largest absolute Gasteiger partial charge is 0.334 e. The molecule has 0 unspecified atom stereocenters. The van der Waals surface area contributed by atoms with Gasteiger partial charge in [0.25, 0.3) is 0 Å². The molecule has 7 heteroatoms. The first-order valence-electron chi connectivity index (χ1n) is 7.01. The Hall–Kier alpha value is -2.96. The van der Waals surface area contributed by atoms with Gasteiger partial charge in [-0.05, 0) is 38.5 Å². The Morgan fingerprint density at radius 1 is 1.22 bits per heavy atom. The number of hydrogen-bond donors (Lipinski definition) is 1. The van der Waals surface area contributed by atoms with Crippen molar-refractivity contribution in [2.24, 2.45) is 0 Å². The highest BCUT2D eigenvalue weighted by atomic mass is 16.6. The van der Waals surface area contributed by atoms with E-state index in [1.807, 2.05) is 26.0 Å². The molecule has 1 heterocycles. The summed E-state index contributed by atoms with van der Waals surface area (Å²) in [6, 6.07) is 8.18. The minimum atomic E-state index is -0.786. The lowest BCUT2D eigenvalue weighted by atomic mass is 10.1. The van der Waals surface area contributed by atoms with Crippen LogP contribution in [0, 0.1) is 30.9 Å². The van der Waals surface area contributed by atoms with E-state index < -0.39 is 22.1 Å². The van der Waals surface area contributed by atoms with Gasteiger partial charge in [-0.3, -0.25) is 24.3 Å². The van der Waals surface area contributed by atoms with Gasteiger partial charge >= 0.3 is 11.2 Å². The first kappa shape index (κ1) is 16.4. The van der Waals surface area contributed by atoms with Crippen molar-refractivity contribution < 1.29 is 9.72 Å². The van der Waals surface area contributed by atoms with Gasteiger partial charge in [-0.25, -0.2) is 0 Å². The zero-order valence-electron chi connectivity index (χ0n) is 13.1. The molecule has 0 saturated carbocycles. The lowest BCUT2D eigenvalue weighted by molar-refractivity contribution is -0.386.